The van der Waals surface area contributed by atoms with Crippen LogP contribution in [-0.2, 0) is 4.79 Å². The average Bonchev–Trinajstić information content (AvgIpc) is 3.53. The fraction of sp³-hybridized carbons (Fsp3) is 0.240. The van der Waals surface area contributed by atoms with Crippen molar-refractivity contribution < 1.29 is 9.21 Å². The molecule has 9 heteroatoms. The van der Waals surface area contributed by atoms with Crippen LogP contribution in [-0.4, -0.2) is 32.4 Å². The highest BCUT2D eigenvalue weighted by molar-refractivity contribution is 7.99. The molecule has 1 aliphatic rings. The third-order valence-electron chi connectivity index (χ3n) is 5.87. The van der Waals surface area contributed by atoms with Crippen molar-refractivity contribution in [1.29, 1.82) is 5.26 Å². The summed E-state index contributed by atoms with van der Waals surface area (Å²) in [6.07, 6.45) is 3.28. The van der Waals surface area contributed by atoms with Gasteiger partial charge in [0.2, 0.25) is 11.8 Å². The standard InChI is InChI=1S/C25H20ClN5O2S/c26-17-9-7-16(8-10-17)21-13-19(18-5-1-2-6-20(18)28-21)23-30-31-24(33-23)34-14-22(32)29-25(15-27)11-3-4-12-25/h1-2,5-10,13H,3-4,11-12,14H2,(H,29,32). The van der Waals surface area contributed by atoms with E-state index in [0.717, 1.165) is 52.3 Å². The Labute approximate surface area is 205 Å². The molecule has 0 spiro atoms. The van der Waals surface area contributed by atoms with E-state index in [0.29, 0.717) is 23.8 Å². The van der Waals surface area contributed by atoms with E-state index in [1.165, 1.54) is 0 Å². The summed E-state index contributed by atoms with van der Waals surface area (Å²) < 4.78 is 5.91. The maximum atomic E-state index is 12.4. The van der Waals surface area contributed by atoms with E-state index in [-0.39, 0.29) is 16.9 Å². The molecule has 1 saturated carbocycles. The summed E-state index contributed by atoms with van der Waals surface area (Å²) in [5.74, 6) is 0.228. The van der Waals surface area contributed by atoms with E-state index in [4.69, 9.17) is 21.0 Å². The predicted octanol–water partition coefficient (Wildman–Crippen LogP) is 5.65. The molecule has 7 nitrogen and oxygen atoms in total. The van der Waals surface area contributed by atoms with Crippen molar-refractivity contribution >= 4 is 40.2 Å². The number of rotatable bonds is 6. The van der Waals surface area contributed by atoms with Gasteiger partial charge in [-0.1, -0.05) is 53.7 Å². The number of benzene rings is 2. The first kappa shape index (κ1) is 22.4. The Morgan fingerprint density at radius 2 is 1.91 bits per heavy atom. The molecule has 5 rings (SSSR count). The lowest BCUT2D eigenvalue weighted by Gasteiger charge is -2.21. The van der Waals surface area contributed by atoms with Gasteiger partial charge in [-0.2, -0.15) is 5.26 Å². The number of aromatic nitrogens is 3. The van der Waals surface area contributed by atoms with Crippen LogP contribution >= 0.6 is 23.4 Å². The van der Waals surface area contributed by atoms with E-state index < -0.39 is 5.54 Å². The Morgan fingerprint density at radius 3 is 2.68 bits per heavy atom. The van der Waals surface area contributed by atoms with Gasteiger partial charge in [0.15, 0.2) is 0 Å². The van der Waals surface area contributed by atoms with Gasteiger partial charge in [-0.25, -0.2) is 4.98 Å². The van der Waals surface area contributed by atoms with Gasteiger partial charge in [0, 0.05) is 16.0 Å². The molecule has 0 saturated heterocycles. The van der Waals surface area contributed by atoms with Gasteiger partial charge in [0.25, 0.3) is 5.22 Å². The number of carbonyl (C=O) groups is 1. The first-order chi connectivity index (χ1) is 16.5. The molecule has 1 amide bonds. The van der Waals surface area contributed by atoms with E-state index in [1.54, 1.807) is 0 Å². The molecule has 4 aromatic rings. The molecule has 1 N–H and O–H groups in total. The number of thioether (sulfide) groups is 1. The third kappa shape index (κ3) is 4.63. The number of hydrogen-bond donors (Lipinski definition) is 1. The lowest BCUT2D eigenvalue weighted by molar-refractivity contribution is -0.119. The summed E-state index contributed by atoms with van der Waals surface area (Å²) in [6, 6.07) is 19.4. The molecular weight excluding hydrogens is 470 g/mol. The van der Waals surface area contributed by atoms with Crippen LogP contribution in [0.4, 0.5) is 0 Å². The number of hydrogen-bond acceptors (Lipinski definition) is 7. The molecule has 1 aliphatic carbocycles. The maximum absolute atomic E-state index is 12.4. The molecule has 1 fully saturated rings. The largest absolute Gasteiger partial charge is 0.411 e. The molecule has 2 heterocycles. The number of fused-ring (bicyclic) bond motifs is 1. The highest BCUT2D eigenvalue weighted by Crippen LogP contribution is 2.33. The SMILES string of the molecule is N#CC1(NC(=O)CSc2nnc(-c3cc(-c4ccc(Cl)cc4)nc4ccccc34)o2)CCCC1. The third-order valence-corrected chi connectivity index (χ3v) is 6.94. The monoisotopic (exact) mass is 489 g/mol. The van der Waals surface area contributed by atoms with E-state index in [2.05, 4.69) is 21.6 Å². The number of carbonyl (C=O) groups excluding carboxylic acids is 1. The zero-order valence-electron chi connectivity index (χ0n) is 18.1. The van der Waals surface area contributed by atoms with Crippen LogP contribution in [0, 0.1) is 11.3 Å². The van der Waals surface area contributed by atoms with E-state index in [1.807, 2.05) is 54.6 Å². The number of nitriles is 1. The van der Waals surface area contributed by atoms with Crippen LogP contribution in [0.1, 0.15) is 25.7 Å². The van der Waals surface area contributed by atoms with Crippen molar-refractivity contribution in [2.24, 2.45) is 0 Å². The van der Waals surface area contributed by atoms with Crippen molar-refractivity contribution in [1.82, 2.24) is 20.5 Å². The lowest BCUT2D eigenvalue weighted by atomic mass is 10.0. The quantitative estimate of drug-likeness (QED) is 0.349. The Kier molecular flexibility index (Phi) is 6.22. The molecule has 0 bridgehead atoms. The van der Waals surface area contributed by atoms with Crippen LogP contribution in [0.2, 0.25) is 5.02 Å². The van der Waals surface area contributed by atoms with Gasteiger partial charge in [-0.05, 0) is 49.9 Å². The van der Waals surface area contributed by atoms with Crippen molar-refractivity contribution in [2.45, 2.75) is 36.4 Å². The molecule has 0 unspecified atom stereocenters. The smallest absolute Gasteiger partial charge is 0.277 e. The van der Waals surface area contributed by atoms with Crippen molar-refractivity contribution in [3.63, 3.8) is 0 Å². The summed E-state index contributed by atoms with van der Waals surface area (Å²) in [5.41, 5.74) is 2.49. The summed E-state index contributed by atoms with van der Waals surface area (Å²) in [7, 11) is 0. The number of amides is 1. The molecule has 0 radical (unpaired) electrons. The highest BCUT2D eigenvalue weighted by Gasteiger charge is 2.35. The van der Waals surface area contributed by atoms with Gasteiger partial charge in [-0.3, -0.25) is 4.79 Å². The fourth-order valence-electron chi connectivity index (χ4n) is 4.17. The second-order valence-corrected chi connectivity index (χ2v) is 9.55. The van der Waals surface area contributed by atoms with Crippen molar-refractivity contribution in [3.05, 3.63) is 59.6 Å². The first-order valence-corrected chi connectivity index (χ1v) is 12.3. The molecule has 2 aromatic heterocycles. The topological polar surface area (TPSA) is 105 Å². The van der Waals surface area contributed by atoms with Crippen molar-refractivity contribution in [3.8, 4) is 28.8 Å². The van der Waals surface area contributed by atoms with Crippen LogP contribution in [0.3, 0.4) is 0 Å². The van der Waals surface area contributed by atoms with Crippen LogP contribution in [0.15, 0.2) is 64.2 Å². The second-order valence-electron chi connectivity index (χ2n) is 8.19. The molecule has 2 aromatic carbocycles. The zero-order valence-corrected chi connectivity index (χ0v) is 19.7. The second kappa shape index (κ2) is 9.45. The average molecular weight is 490 g/mol. The minimum Gasteiger partial charge on any atom is -0.411 e. The van der Waals surface area contributed by atoms with Gasteiger partial charge in [-0.15, -0.1) is 10.2 Å². The Bertz CT molecular complexity index is 1390. The number of para-hydroxylation sites is 1. The van der Waals surface area contributed by atoms with Crippen molar-refractivity contribution in [2.75, 3.05) is 5.75 Å². The minimum absolute atomic E-state index is 0.0954. The van der Waals surface area contributed by atoms with Crippen LogP contribution in [0.5, 0.6) is 0 Å². The van der Waals surface area contributed by atoms with E-state index in [9.17, 15) is 10.1 Å². The molecule has 0 atom stereocenters. The normalized spacial score (nSPS) is 14.7. The number of pyridine rings is 1. The predicted molar refractivity (Wildman–Crippen MR) is 131 cm³/mol. The fourth-order valence-corrected chi connectivity index (χ4v) is 4.86. The van der Waals surface area contributed by atoms with E-state index >= 15 is 0 Å². The summed E-state index contributed by atoms with van der Waals surface area (Å²) in [5, 5.41) is 22.5. The van der Waals surface area contributed by atoms with Crippen LogP contribution in [0.25, 0.3) is 33.6 Å². The molecule has 34 heavy (non-hydrogen) atoms. The van der Waals surface area contributed by atoms with Gasteiger partial charge in [0.05, 0.1) is 28.6 Å². The summed E-state index contributed by atoms with van der Waals surface area (Å²) in [6.45, 7) is 0. The summed E-state index contributed by atoms with van der Waals surface area (Å²) in [4.78, 5) is 17.2. The number of halogens is 1. The van der Waals surface area contributed by atoms with Gasteiger partial charge >= 0.3 is 0 Å². The molecule has 0 aliphatic heterocycles. The Balaban J connectivity index is 1.38. The maximum Gasteiger partial charge on any atom is 0.277 e. The van der Waals surface area contributed by atoms with Gasteiger partial charge in [0.1, 0.15) is 5.54 Å². The van der Waals surface area contributed by atoms with Crippen LogP contribution < -0.4 is 5.32 Å². The molecular formula is C25H20ClN5O2S. The minimum atomic E-state index is -0.744. The number of nitrogens with one attached hydrogen (secondary N) is 1. The Hall–Kier alpha value is -3.41. The number of nitrogens with zero attached hydrogens (tertiary/aromatic N) is 4. The first-order valence-electron chi connectivity index (χ1n) is 10.9. The van der Waals surface area contributed by atoms with Gasteiger partial charge < -0.3 is 9.73 Å². The zero-order chi connectivity index (χ0) is 23.5. The Morgan fingerprint density at radius 1 is 1.15 bits per heavy atom. The lowest BCUT2D eigenvalue weighted by Crippen LogP contribution is -2.45. The summed E-state index contributed by atoms with van der Waals surface area (Å²) >= 11 is 7.19. The highest BCUT2D eigenvalue weighted by atomic mass is 35.5. The molecule has 170 valence electrons.